The van der Waals surface area contributed by atoms with E-state index in [1.807, 2.05) is 0 Å². The number of amides is 1. The van der Waals surface area contributed by atoms with Crippen molar-refractivity contribution >= 4 is 11.6 Å². The average Bonchev–Trinajstić information content (AvgIpc) is 2.63. The van der Waals surface area contributed by atoms with Crippen molar-refractivity contribution in [2.75, 3.05) is 11.9 Å². The van der Waals surface area contributed by atoms with Crippen molar-refractivity contribution in [3.8, 4) is 0 Å². The molecule has 0 radical (unpaired) electrons. The summed E-state index contributed by atoms with van der Waals surface area (Å²) in [6.07, 6.45) is 5.12. The lowest BCUT2D eigenvalue weighted by Gasteiger charge is -2.38. The Labute approximate surface area is 121 Å². The highest BCUT2D eigenvalue weighted by molar-refractivity contribution is 5.77. The van der Waals surface area contributed by atoms with Crippen LogP contribution in [0, 0.1) is 6.92 Å². The minimum absolute atomic E-state index is 0.256. The number of aryl methyl sites for hydroxylation is 1. The number of rotatable bonds is 1. The molecule has 3 heteroatoms. The molecule has 1 N–H and O–H groups in total. The Morgan fingerprint density at radius 2 is 2.10 bits per heavy atom. The Kier molecular flexibility index (Phi) is 3.68. The number of hydrogen-bond donors (Lipinski definition) is 1. The summed E-state index contributed by atoms with van der Waals surface area (Å²) in [5.74, 6) is 0.342. The number of likely N-dealkylation sites (tertiary alicyclic amines) is 1. The third-order valence-corrected chi connectivity index (χ3v) is 4.53. The molecule has 2 aliphatic rings. The van der Waals surface area contributed by atoms with E-state index in [1.54, 1.807) is 0 Å². The van der Waals surface area contributed by atoms with Crippen LogP contribution in [0.15, 0.2) is 18.2 Å². The normalized spacial score (nSPS) is 26.7. The van der Waals surface area contributed by atoms with Crippen LogP contribution in [0.3, 0.4) is 0 Å². The summed E-state index contributed by atoms with van der Waals surface area (Å²) in [6, 6.07) is 7.23. The molecule has 1 aromatic carbocycles. The first-order chi connectivity index (χ1) is 9.65. The molecule has 0 bridgehead atoms. The standard InChI is InChI=1S/C17H24N2O/c1-12-7-8-15-14(10-12)16(11-13(2)18-15)19-9-5-3-4-6-17(19)20/h7-8,10,13,16,18H,3-6,9,11H2,1-2H3/t13-,16+/m1/s1. The van der Waals surface area contributed by atoms with E-state index in [1.165, 1.54) is 23.2 Å². The van der Waals surface area contributed by atoms with E-state index in [9.17, 15) is 4.79 Å². The van der Waals surface area contributed by atoms with Crippen LogP contribution < -0.4 is 5.32 Å². The second kappa shape index (κ2) is 5.47. The van der Waals surface area contributed by atoms with E-state index in [0.29, 0.717) is 11.9 Å². The van der Waals surface area contributed by atoms with Crippen molar-refractivity contribution < 1.29 is 4.79 Å². The van der Waals surface area contributed by atoms with E-state index in [-0.39, 0.29) is 6.04 Å². The fourth-order valence-corrected chi connectivity index (χ4v) is 3.50. The summed E-state index contributed by atoms with van der Waals surface area (Å²) in [5, 5.41) is 3.55. The zero-order valence-electron chi connectivity index (χ0n) is 12.5. The van der Waals surface area contributed by atoms with Gasteiger partial charge in [-0.25, -0.2) is 0 Å². The minimum Gasteiger partial charge on any atom is -0.382 e. The zero-order chi connectivity index (χ0) is 14.1. The molecule has 2 aliphatic heterocycles. The topological polar surface area (TPSA) is 32.3 Å². The molecule has 0 aromatic heterocycles. The van der Waals surface area contributed by atoms with Gasteiger partial charge in [0, 0.05) is 24.7 Å². The minimum atomic E-state index is 0.256. The van der Waals surface area contributed by atoms with Crippen molar-refractivity contribution in [2.24, 2.45) is 0 Å². The largest absolute Gasteiger partial charge is 0.382 e. The molecule has 0 aliphatic carbocycles. The number of anilines is 1. The lowest BCUT2D eigenvalue weighted by molar-refractivity contribution is -0.133. The molecule has 2 atom stereocenters. The Morgan fingerprint density at radius 3 is 2.95 bits per heavy atom. The van der Waals surface area contributed by atoms with Gasteiger partial charge in [-0.05, 0) is 44.7 Å². The molecular weight excluding hydrogens is 248 g/mol. The van der Waals surface area contributed by atoms with E-state index >= 15 is 0 Å². The first kappa shape index (κ1) is 13.5. The predicted molar refractivity (Wildman–Crippen MR) is 81.8 cm³/mol. The summed E-state index contributed by atoms with van der Waals surface area (Å²) in [7, 11) is 0. The third kappa shape index (κ3) is 2.54. The zero-order valence-corrected chi connectivity index (χ0v) is 12.5. The Hall–Kier alpha value is -1.51. The first-order valence-corrected chi connectivity index (χ1v) is 7.81. The molecule has 0 spiro atoms. The fraction of sp³-hybridized carbons (Fsp3) is 0.588. The number of nitrogens with one attached hydrogen (secondary N) is 1. The lowest BCUT2D eigenvalue weighted by Crippen LogP contribution is -2.39. The molecule has 1 fully saturated rings. The van der Waals surface area contributed by atoms with Crippen molar-refractivity contribution in [3.05, 3.63) is 29.3 Å². The third-order valence-electron chi connectivity index (χ3n) is 4.53. The second-order valence-corrected chi connectivity index (χ2v) is 6.29. The van der Waals surface area contributed by atoms with Crippen LogP contribution >= 0.6 is 0 Å². The van der Waals surface area contributed by atoms with Gasteiger partial charge in [-0.3, -0.25) is 4.79 Å². The summed E-state index contributed by atoms with van der Waals surface area (Å²) in [5.41, 5.74) is 3.78. The molecule has 3 nitrogen and oxygen atoms in total. The van der Waals surface area contributed by atoms with Gasteiger partial charge in [0.2, 0.25) is 5.91 Å². The number of nitrogens with zero attached hydrogens (tertiary/aromatic N) is 1. The molecule has 1 amide bonds. The maximum atomic E-state index is 12.4. The molecule has 1 saturated heterocycles. The number of hydrogen-bond acceptors (Lipinski definition) is 2. The Bertz CT molecular complexity index is 512. The molecule has 108 valence electrons. The summed E-state index contributed by atoms with van der Waals surface area (Å²) < 4.78 is 0. The average molecular weight is 272 g/mol. The van der Waals surface area contributed by atoms with E-state index in [2.05, 4.69) is 42.3 Å². The van der Waals surface area contributed by atoms with Gasteiger partial charge in [0.05, 0.1) is 6.04 Å². The van der Waals surface area contributed by atoms with Gasteiger partial charge in [-0.1, -0.05) is 24.1 Å². The van der Waals surface area contributed by atoms with Crippen molar-refractivity contribution in [1.82, 2.24) is 4.90 Å². The van der Waals surface area contributed by atoms with Crippen LogP contribution in [0.25, 0.3) is 0 Å². The van der Waals surface area contributed by atoms with Crippen molar-refractivity contribution in [2.45, 2.75) is 58.0 Å². The monoisotopic (exact) mass is 272 g/mol. The summed E-state index contributed by atoms with van der Waals surface area (Å²) in [4.78, 5) is 14.6. The molecule has 1 aromatic rings. The van der Waals surface area contributed by atoms with Gasteiger partial charge in [0.15, 0.2) is 0 Å². The van der Waals surface area contributed by atoms with Crippen LogP contribution in [0.5, 0.6) is 0 Å². The number of carbonyl (C=O) groups excluding carboxylic acids is 1. The Morgan fingerprint density at radius 1 is 1.25 bits per heavy atom. The predicted octanol–water partition coefficient (Wildman–Crippen LogP) is 3.64. The Balaban J connectivity index is 1.96. The summed E-state index contributed by atoms with van der Waals surface area (Å²) >= 11 is 0. The van der Waals surface area contributed by atoms with Gasteiger partial charge in [0.25, 0.3) is 0 Å². The molecule has 2 heterocycles. The second-order valence-electron chi connectivity index (χ2n) is 6.29. The lowest BCUT2D eigenvalue weighted by atomic mass is 9.91. The van der Waals surface area contributed by atoms with Crippen molar-refractivity contribution in [1.29, 1.82) is 0 Å². The highest BCUT2D eigenvalue weighted by atomic mass is 16.2. The SMILES string of the molecule is Cc1ccc2c(c1)[C@@H](N1CCCCCC1=O)C[C@@H](C)N2. The van der Waals surface area contributed by atoms with Gasteiger partial charge in [0.1, 0.15) is 0 Å². The quantitative estimate of drug-likeness (QED) is 0.846. The first-order valence-electron chi connectivity index (χ1n) is 7.81. The maximum Gasteiger partial charge on any atom is 0.223 e. The van der Waals surface area contributed by atoms with Crippen LogP contribution in [0.4, 0.5) is 5.69 Å². The summed E-state index contributed by atoms with van der Waals surface area (Å²) in [6.45, 7) is 5.25. The molecule has 3 rings (SSSR count). The van der Waals surface area contributed by atoms with Crippen LogP contribution in [0.1, 0.15) is 56.2 Å². The van der Waals surface area contributed by atoms with E-state index < -0.39 is 0 Å². The van der Waals surface area contributed by atoms with Crippen LogP contribution in [-0.4, -0.2) is 23.4 Å². The molecule has 0 saturated carbocycles. The molecule has 20 heavy (non-hydrogen) atoms. The fourth-order valence-electron chi connectivity index (χ4n) is 3.50. The van der Waals surface area contributed by atoms with Crippen LogP contribution in [-0.2, 0) is 4.79 Å². The van der Waals surface area contributed by atoms with E-state index in [0.717, 1.165) is 32.2 Å². The van der Waals surface area contributed by atoms with Crippen molar-refractivity contribution in [3.63, 3.8) is 0 Å². The highest BCUT2D eigenvalue weighted by Crippen LogP contribution is 2.38. The number of carbonyl (C=O) groups is 1. The molecule has 0 unspecified atom stereocenters. The van der Waals surface area contributed by atoms with Gasteiger partial charge in [-0.15, -0.1) is 0 Å². The highest BCUT2D eigenvalue weighted by Gasteiger charge is 2.32. The maximum absolute atomic E-state index is 12.4. The number of benzene rings is 1. The van der Waals surface area contributed by atoms with Crippen LogP contribution in [0.2, 0.25) is 0 Å². The molecular formula is C17H24N2O. The van der Waals surface area contributed by atoms with Gasteiger partial charge in [-0.2, -0.15) is 0 Å². The number of fused-ring (bicyclic) bond motifs is 1. The van der Waals surface area contributed by atoms with E-state index in [4.69, 9.17) is 0 Å². The smallest absolute Gasteiger partial charge is 0.223 e. The van der Waals surface area contributed by atoms with Gasteiger partial charge >= 0.3 is 0 Å². The van der Waals surface area contributed by atoms with Gasteiger partial charge < -0.3 is 10.2 Å².